The number of carboxylic acids is 1. The molecule has 2 nitrogen and oxygen atoms in total. The van der Waals surface area contributed by atoms with Crippen LogP contribution >= 0.6 is 0 Å². The lowest BCUT2D eigenvalue weighted by Gasteiger charge is -1.98. The van der Waals surface area contributed by atoms with Gasteiger partial charge < -0.3 is 5.11 Å². The molecule has 2 radical (unpaired) electrons. The molecule has 0 atom stereocenters. The van der Waals surface area contributed by atoms with Crippen LogP contribution in [0.1, 0.15) is 11.1 Å². The topological polar surface area (TPSA) is 37.3 Å². The predicted molar refractivity (Wildman–Crippen MR) is 44.4 cm³/mol. The minimum Gasteiger partial charge on any atom is -0.478 e. The summed E-state index contributed by atoms with van der Waals surface area (Å²) in [5.41, 5.74) is 1.94. The Bertz CT molecular complexity index is 364. The molecule has 0 unspecified atom stereocenters. The van der Waals surface area contributed by atoms with Crippen LogP contribution in [-0.4, -0.2) is 11.1 Å². The van der Waals surface area contributed by atoms with Crippen molar-refractivity contribution in [2.75, 3.05) is 0 Å². The Balaban J connectivity index is 2.52. The highest BCUT2D eigenvalue weighted by atomic mass is 16.4. The lowest BCUT2D eigenvalue weighted by atomic mass is 10.1. The number of carboxylic acid groups (broad SMARTS) is 1. The monoisotopic (exact) mass is 158 g/mol. The van der Waals surface area contributed by atoms with Gasteiger partial charge in [0.1, 0.15) is 0 Å². The van der Waals surface area contributed by atoms with Crippen molar-refractivity contribution in [1.82, 2.24) is 0 Å². The van der Waals surface area contributed by atoms with E-state index in [2.05, 4.69) is 6.42 Å². The lowest BCUT2D eigenvalue weighted by Crippen LogP contribution is -1.97. The van der Waals surface area contributed by atoms with Gasteiger partial charge in [-0.3, -0.25) is 0 Å². The van der Waals surface area contributed by atoms with Crippen molar-refractivity contribution in [2.24, 2.45) is 0 Å². The molecule has 0 bridgehead atoms. The van der Waals surface area contributed by atoms with Crippen LogP contribution in [0, 0.1) is 6.42 Å². The average molecular weight is 158 g/mol. The van der Waals surface area contributed by atoms with E-state index in [4.69, 9.17) is 5.11 Å². The standard InChI is InChI=1S/C10H6O2/c11-10(12)9-6-5-7-3-1-2-4-8(7)9/h1-4,6H,(H,11,12). The molecule has 1 aliphatic carbocycles. The Morgan fingerprint density at radius 2 is 2.08 bits per heavy atom. The predicted octanol–water partition coefficient (Wildman–Crippen LogP) is 1.60. The van der Waals surface area contributed by atoms with Gasteiger partial charge in [-0.25, -0.2) is 4.79 Å². The molecule has 1 aromatic carbocycles. The molecule has 0 aliphatic heterocycles. The van der Waals surface area contributed by atoms with E-state index in [0.29, 0.717) is 5.57 Å². The summed E-state index contributed by atoms with van der Waals surface area (Å²) in [7, 11) is 0. The van der Waals surface area contributed by atoms with E-state index in [9.17, 15) is 4.79 Å². The fraction of sp³-hybridized carbons (Fsp3) is 0. The van der Waals surface area contributed by atoms with Crippen LogP contribution < -0.4 is 0 Å². The SMILES string of the molecule is O=C(O)C1=C[C]c2ccccc21. The highest BCUT2D eigenvalue weighted by molar-refractivity contribution is 6.17. The zero-order valence-electron chi connectivity index (χ0n) is 6.24. The summed E-state index contributed by atoms with van der Waals surface area (Å²) in [6.07, 6.45) is 4.40. The first-order valence-corrected chi connectivity index (χ1v) is 3.58. The molecule has 2 heteroatoms. The number of rotatable bonds is 1. The average Bonchev–Trinajstić information content (AvgIpc) is 2.47. The van der Waals surface area contributed by atoms with E-state index in [1.54, 1.807) is 6.07 Å². The van der Waals surface area contributed by atoms with Crippen LogP contribution in [0.25, 0.3) is 5.57 Å². The number of allylic oxidation sites excluding steroid dienone is 1. The molecule has 0 saturated heterocycles. The molecule has 0 amide bonds. The fourth-order valence-corrected chi connectivity index (χ4v) is 1.25. The maximum atomic E-state index is 10.7. The first-order valence-electron chi connectivity index (χ1n) is 3.58. The smallest absolute Gasteiger partial charge is 0.336 e. The van der Waals surface area contributed by atoms with Gasteiger partial charge in [0.25, 0.3) is 0 Å². The molecular weight excluding hydrogens is 152 g/mol. The summed E-state index contributed by atoms with van der Waals surface area (Å²) in [5, 5.41) is 8.75. The van der Waals surface area contributed by atoms with Crippen molar-refractivity contribution in [3.63, 3.8) is 0 Å². The van der Waals surface area contributed by atoms with Gasteiger partial charge in [0, 0.05) is 6.42 Å². The van der Waals surface area contributed by atoms with Gasteiger partial charge in [0.15, 0.2) is 0 Å². The molecule has 2 rings (SSSR count). The van der Waals surface area contributed by atoms with Gasteiger partial charge in [0.2, 0.25) is 0 Å². The van der Waals surface area contributed by atoms with Crippen LogP contribution in [0.15, 0.2) is 30.3 Å². The highest BCUT2D eigenvalue weighted by Crippen LogP contribution is 2.27. The van der Waals surface area contributed by atoms with Crippen molar-refractivity contribution in [3.8, 4) is 0 Å². The minimum atomic E-state index is -0.896. The second kappa shape index (κ2) is 2.48. The normalized spacial score (nSPS) is 13.8. The third kappa shape index (κ3) is 0.925. The molecule has 12 heavy (non-hydrogen) atoms. The molecule has 0 saturated carbocycles. The van der Waals surface area contributed by atoms with Crippen LogP contribution in [0.3, 0.4) is 0 Å². The van der Waals surface area contributed by atoms with Crippen molar-refractivity contribution in [1.29, 1.82) is 0 Å². The molecular formula is C10H6O2. The van der Waals surface area contributed by atoms with E-state index in [1.165, 1.54) is 6.08 Å². The molecule has 0 aromatic heterocycles. The van der Waals surface area contributed by atoms with E-state index in [0.717, 1.165) is 11.1 Å². The fourth-order valence-electron chi connectivity index (χ4n) is 1.25. The maximum Gasteiger partial charge on any atom is 0.336 e. The number of hydrogen-bond donors (Lipinski definition) is 1. The van der Waals surface area contributed by atoms with Gasteiger partial charge in [-0.2, -0.15) is 0 Å². The molecule has 1 aromatic rings. The van der Waals surface area contributed by atoms with Gasteiger partial charge >= 0.3 is 5.97 Å². The van der Waals surface area contributed by atoms with Crippen LogP contribution in [0.2, 0.25) is 0 Å². The van der Waals surface area contributed by atoms with E-state index in [-0.39, 0.29) is 0 Å². The highest BCUT2D eigenvalue weighted by Gasteiger charge is 2.18. The zero-order chi connectivity index (χ0) is 8.55. The molecule has 0 spiro atoms. The van der Waals surface area contributed by atoms with Gasteiger partial charge in [0.05, 0.1) is 5.57 Å². The third-order valence-electron chi connectivity index (χ3n) is 1.82. The Morgan fingerprint density at radius 1 is 1.33 bits per heavy atom. The van der Waals surface area contributed by atoms with Gasteiger partial charge in [-0.15, -0.1) is 0 Å². The molecule has 0 heterocycles. The van der Waals surface area contributed by atoms with Crippen molar-refractivity contribution in [2.45, 2.75) is 0 Å². The largest absolute Gasteiger partial charge is 0.478 e. The first-order chi connectivity index (χ1) is 5.79. The summed E-state index contributed by atoms with van der Waals surface area (Å²) < 4.78 is 0. The zero-order valence-corrected chi connectivity index (χ0v) is 6.24. The number of fused-ring (bicyclic) bond motifs is 1. The molecule has 1 N–H and O–H groups in total. The van der Waals surface area contributed by atoms with Crippen molar-refractivity contribution < 1.29 is 9.90 Å². The van der Waals surface area contributed by atoms with Crippen molar-refractivity contribution >= 4 is 11.5 Å². The second-order valence-corrected chi connectivity index (χ2v) is 2.55. The molecule has 1 aliphatic rings. The Morgan fingerprint density at radius 3 is 2.83 bits per heavy atom. The summed E-state index contributed by atoms with van der Waals surface area (Å²) in [4.78, 5) is 10.7. The summed E-state index contributed by atoms with van der Waals surface area (Å²) in [5.74, 6) is -0.896. The Hall–Kier alpha value is -1.57. The summed E-state index contributed by atoms with van der Waals surface area (Å²) in [6, 6.07) is 7.32. The van der Waals surface area contributed by atoms with Gasteiger partial charge in [-0.1, -0.05) is 30.3 Å². The van der Waals surface area contributed by atoms with Crippen LogP contribution in [0.5, 0.6) is 0 Å². The van der Waals surface area contributed by atoms with Crippen molar-refractivity contribution in [3.05, 3.63) is 47.9 Å². The quantitative estimate of drug-likeness (QED) is 0.674. The van der Waals surface area contributed by atoms with E-state index >= 15 is 0 Å². The van der Waals surface area contributed by atoms with E-state index < -0.39 is 5.97 Å². The molecule has 0 fully saturated rings. The minimum absolute atomic E-state index is 0.325. The second-order valence-electron chi connectivity index (χ2n) is 2.55. The number of benzene rings is 1. The number of carbonyl (C=O) groups is 1. The summed E-state index contributed by atoms with van der Waals surface area (Å²) in [6.45, 7) is 0. The first kappa shape index (κ1) is 7.10. The maximum absolute atomic E-state index is 10.7. The summed E-state index contributed by atoms with van der Waals surface area (Å²) >= 11 is 0. The number of aliphatic carboxylic acids is 1. The number of hydrogen-bond acceptors (Lipinski definition) is 1. The molecule has 58 valence electrons. The van der Waals surface area contributed by atoms with E-state index in [1.807, 2.05) is 18.2 Å². The lowest BCUT2D eigenvalue weighted by molar-refractivity contribution is -0.130. The Labute approximate surface area is 70.2 Å². The Kier molecular flexibility index (Phi) is 1.47. The van der Waals surface area contributed by atoms with Gasteiger partial charge in [-0.05, 0) is 11.1 Å². The van der Waals surface area contributed by atoms with Crippen LogP contribution in [0.4, 0.5) is 0 Å². The van der Waals surface area contributed by atoms with Crippen LogP contribution in [-0.2, 0) is 4.79 Å². The third-order valence-corrected chi connectivity index (χ3v) is 1.82.